The summed E-state index contributed by atoms with van der Waals surface area (Å²) >= 11 is 0. The number of ether oxygens (including phenoxy) is 1. The van der Waals surface area contributed by atoms with E-state index in [2.05, 4.69) is 0 Å². The number of rotatable bonds is 3. The molecule has 0 radical (unpaired) electrons. The van der Waals surface area contributed by atoms with Crippen molar-refractivity contribution in [3.05, 3.63) is 53.3 Å². The number of carbonyl (C=O) groups is 1. The van der Waals surface area contributed by atoms with E-state index in [1.165, 1.54) is 12.1 Å². The van der Waals surface area contributed by atoms with Gasteiger partial charge in [-0.1, -0.05) is 12.1 Å². The maximum absolute atomic E-state index is 13.9. The lowest BCUT2D eigenvalue weighted by Gasteiger charge is -2.07. The standard InChI is InChI=1S/C16H15FO3/c1-3-20-16(19)13-6-4-12(9-14(13)17)11-5-7-15(18)10(2)8-11/h4-9,18H,3H2,1-2H3. The van der Waals surface area contributed by atoms with Gasteiger partial charge in [-0.3, -0.25) is 0 Å². The summed E-state index contributed by atoms with van der Waals surface area (Å²) in [7, 11) is 0. The summed E-state index contributed by atoms with van der Waals surface area (Å²) in [6.07, 6.45) is 0. The molecule has 0 aliphatic carbocycles. The number of aryl methyl sites for hydroxylation is 1. The summed E-state index contributed by atoms with van der Waals surface area (Å²) in [6.45, 7) is 3.64. The first-order valence-electron chi connectivity index (χ1n) is 6.29. The fourth-order valence-corrected chi connectivity index (χ4v) is 1.90. The SMILES string of the molecule is CCOC(=O)c1ccc(-c2ccc(O)c(C)c2)cc1F. The first-order chi connectivity index (χ1) is 9.52. The molecule has 3 nitrogen and oxygen atoms in total. The van der Waals surface area contributed by atoms with Crippen molar-refractivity contribution in [2.75, 3.05) is 6.61 Å². The molecule has 4 heteroatoms. The number of esters is 1. The van der Waals surface area contributed by atoms with E-state index >= 15 is 0 Å². The van der Waals surface area contributed by atoms with Gasteiger partial charge in [0.15, 0.2) is 0 Å². The molecular formula is C16H15FO3. The van der Waals surface area contributed by atoms with E-state index in [9.17, 15) is 14.3 Å². The molecule has 0 saturated heterocycles. The second kappa shape index (κ2) is 5.74. The number of hydrogen-bond acceptors (Lipinski definition) is 3. The molecule has 0 aromatic heterocycles. The van der Waals surface area contributed by atoms with E-state index in [1.807, 2.05) is 0 Å². The third-order valence-electron chi connectivity index (χ3n) is 2.99. The van der Waals surface area contributed by atoms with Gasteiger partial charge in [0.05, 0.1) is 12.2 Å². The topological polar surface area (TPSA) is 46.5 Å². The van der Waals surface area contributed by atoms with Gasteiger partial charge in [-0.2, -0.15) is 0 Å². The number of halogens is 1. The molecule has 0 heterocycles. The highest BCUT2D eigenvalue weighted by molar-refractivity contribution is 5.90. The van der Waals surface area contributed by atoms with Crippen molar-refractivity contribution in [2.24, 2.45) is 0 Å². The van der Waals surface area contributed by atoms with Gasteiger partial charge in [0.1, 0.15) is 11.6 Å². The third kappa shape index (κ3) is 2.79. The molecular weight excluding hydrogens is 259 g/mol. The lowest BCUT2D eigenvalue weighted by atomic mass is 10.0. The molecule has 1 N–H and O–H groups in total. The normalized spacial score (nSPS) is 10.3. The Morgan fingerprint density at radius 3 is 2.45 bits per heavy atom. The first kappa shape index (κ1) is 14.1. The first-order valence-corrected chi connectivity index (χ1v) is 6.29. The van der Waals surface area contributed by atoms with Crippen LogP contribution in [0.4, 0.5) is 4.39 Å². The molecule has 2 aromatic rings. The molecule has 2 aromatic carbocycles. The molecule has 20 heavy (non-hydrogen) atoms. The number of phenols is 1. The van der Waals surface area contributed by atoms with Crippen LogP contribution in [0.15, 0.2) is 36.4 Å². The smallest absolute Gasteiger partial charge is 0.341 e. The number of aromatic hydroxyl groups is 1. The number of benzene rings is 2. The zero-order valence-electron chi connectivity index (χ0n) is 11.3. The molecule has 0 spiro atoms. The van der Waals surface area contributed by atoms with Crippen molar-refractivity contribution < 1.29 is 19.0 Å². The lowest BCUT2D eigenvalue weighted by molar-refractivity contribution is 0.0521. The lowest BCUT2D eigenvalue weighted by Crippen LogP contribution is -2.07. The van der Waals surface area contributed by atoms with Crippen molar-refractivity contribution in [1.29, 1.82) is 0 Å². The summed E-state index contributed by atoms with van der Waals surface area (Å²) in [5.41, 5.74) is 2.04. The van der Waals surface area contributed by atoms with E-state index in [0.717, 1.165) is 5.56 Å². The second-order valence-corrected chi connectivity index (χ2v) is 4.42. The van der Waals surface area contributed by atoms with Crippen LogP contribution in [0, 0.1) is 12.7 Å². The average molecular weight is 274 g/mol. The van der Waals surface area contributed by atoms with Crippen LogP contribution in [0.1, 0.15) is 22.8 Å². The molecule has 0 fully saturated rings. The highest BCUT2D eigenvalue weighted by Crippen LogP contribution is 2.26. The summed E-state index contributed by atoms with van der Waals surface area (Å²) in [6, 6.07) is 9.36. The summed E-state index contributed by atoms with van der Waals surface area (Å²) in [5.74, 6) is -1.09. The summed E-state index contributed by atoms with van der Waals surface area (Å²) in [4.78, 5) is 11.5. The van der Waals surface area contributed by atoms with E-state index in [4.69, 9.17) is 4.74 Å². The van der Waals surface area contributed by atoms with Gasteiger partial charge in [0.25, 0.3) is 0 Å². The van der Waals surface area contributed by atoms with Crippen LogP contribution in [-0.2, 0) is 4.74 Å². The van der Waals surface area contributed by atoms with E-state index in [1.54, 1.807) is 38.1 Å². The molecule has 0 bridgehead atoms. The molecule has 0 aliphatic heterocycles. The Hall–Kier alpha value is -2.36. The minimum atomic E-state index is -0.668. The predicted octanol–water partition coefficient (Wildman–Crippen LogP) is 3.68. The molecule has 104 valence electrons. The largest absolute Gasteiger partial charge is 0.508 e. The fraction of sp³-hybridized carbons (Fsp3) is 0.188. The highest BCUT2D eigenvalue weighted by atomic mass is 19.1. The quantitative estimate of drug-likeness (QED) is 0.868. The summed E-state index contributed by atoms with van der Waals surface area (Å²) < 4.78 is 18.7. The zero-order chi connectivity index (χ0) is 14.7. The molecule has 2 rings (SSSR count). The van der Waals surface area contributed by atoms with E-state index < -0.39 is 11.8 Å². The van der Waals surface area contributed by atoms with Gasteiger partial charge in [-0.15, -0.1) is 0 Å². The van der Waals surface area contributed by atoms with Crippen molar-refractivity contribution in [2.45, 2.75) is 13.8 Å². The van der Waals surface area contributed by atoms with Crippen LogP contribution in [-0.4, -0.2) is 17.7 Å². The maximum atomic E-state index is 13.9. The Bertz CT molecular complexity index is 650. The summed E-state index contributed by atoms with van der Waals surface area (Å²) in [5, 5.41) is 9.49. The monoisotopic (exact) mass is 274 g/mol. The molecule has 0 atom stereocenters. The zero-order valence-corrected chi connectivity index (χ0v) is 11.3. The van der Waals surface area contributed by atoms with Gasteiger partial charge in [0, 0.05) is 0 Å². The second-order valence-electron chi connectivity index (χ2n) is 4.42. The Balaban J connectivity index is 2.37. The van der Waals surface area contributed by atoms with Gasteiger partial charge >= 0.3 is 5.97 Å². The molecule has 0 unspecified atom stereocenters. The van der Waals surface area contributed by atoms with Crippen molar-refractivity contribution in [3.63, 3.8) is 0 Å². The number of hydrogen-bond donors (Lipinski definition) is 1. The minimum Gasteiger partial charge on any atom is -0.508 e. The van der Waals surface area contributed by atoms with E-state index in [0.29, 0.717) is 11.1 Å². The van der Waals surface area contributed by atoms with E-state index in [-0.39, 0.29) is 17.9 Å². The number of carbonyl (C=O) groups excluding carboxylic acids is 1. The van der Waals surface area contributed by atoms with Crippen LogP contribution in [0.5, 0.6) is 5.75 Å². The Kier molecular flexibility index (Phi) is 4.03. The van der Waals surface area contributed by atoms with Crippen molar-refractivity contribution in [3.8, 4) is 16.9 Å². The van der Waals surface area contributed by atoms with Crippen molar-refractivity contribution >= 4 is 5.97 Å². The van der Waals surface area contributed by atoms with Crippen LogP contribution in [0.2, 0.25) is 0 Å². The molecule has 0 amide bonds. The van der Waals surface area contributed by atoms with Gasteiger partial charge < -0.3 is 9.84 Å². The van der Waals surface area contributed by atoms with Crippen LogP contribution >= 0.6 is 0 Å². The Morgan fingerprint density at radius 1 is 1.20 bits per heavy atom. The maximum Gasteiger partial charge on any atom is 0.341 e. The van der Waals surface area contributed by atoms with Gasteiger partial charge in [-0.05, 0) is 54.8 Å². The Morgan fingerprint density at radius 2 is 1.85 bits per heavy atom. The third-order valence-corrected chi connectivity index (χ3v) is 2.99. The van der Waals surface area contributed by atoms with Crippen LogP contribution < -0.4 is 0 Å². The predicted molar refractivity (Wildman–Crippen MR) is 74.2 cm³/mol. The highest BCUT2D eigenvalue weighted by Gasteiger charge is 2.13. The van der Waals surface area contributed by atoms with Gasteiger partial charge in [0.2, 0.25) is 0 Å². The molecule has 0 saturated carbocycles. The number of phenolic OH excluding ortho intramolecular Hbond substituents is 1. The fourth-order valence-electron chi connectivity index (χ4n) is 1.90. The Labute approximate surface area is 116 Å². The minimum absolute atomic E-state index is 0.0777. The molecule has 0 aliphatic rings. The van der Waals surface area contributed by atoms with Crippen LogP contribution in [0.25, 0.3) is 11.1 Å². The average Bonchev–Trinajstić information content (AvgIpc) is 2.42. The van der Waals surface area contributed by atoms with Gasteiger partial charge in [-0.25, -0.2) is 9.18 Å². The van der Waals surface area contributed by atoms with Crippen molar-refractivity contribution in [1.82, 2.24) is 0 Å². The van der Waals surface area contributed by atoms with Crippen LogP contribution in [0.3, 0.4) is 0 Å².